The Kier molecular flexibility index (Phi) is 8.40. The molecular formula is C16H21FIN3S. The molecule has 0 amide bonds. The van der Waals surface area contributed by atoms with E-state index >= 15 is 0 Å². The lowest BCUT2D eigenvalue weighted by atomic mass is 10.1. The van der Waals surface area contributed by atoms with Gasteiger partial charge in [-0.2, -0.15) is 11.3 Å². The lowest BCUT2D eigenvalue weighted by Crippen LogP contribution is -2.38. The van der Waals surface area contributed by atoms with E-state index in [-0.39, 0.29) is 29.8 Å². The van der Waals surface area contributed by atoms with Crippen molar-refractivity contribution in [2.24, 2.45) is 4.99 Å². The van der Waals surface area contributed by atoms with E-state index in [1.54, 1.807) is 30.5 Å². The van der Waals surface area contributed by atoms with E-state index in [0.717, 1.165) is 18.1 Å². The van der Waals surface area contributed by atoms with Gasteiger partial charge in [-0.05, 0) is 46.0 Å². The maximum Gasteiger partial charge on any atom is 0.191 e. The highest BCUT2D eigenvalue weighted by atomic mass is 127. The van der Waals surface area contributed by atoms with Gasteiger partial charge in [-0.1, -0.05) is 19.1 Å². The molecule has 0 aliphatic rings. The summed E-state index contributed by atoms with van der Waals surface area (Å²) >= 11 is 1.71. The largest absolute Gasteiger partial charge is 0.356 e. The Labute approximate surface area is 152 Å². The molecule has 0 fully saturated rings. The lowest BCUT2D eigenvalue weighted by Gasteiger charge is -2.15. The van der Waals surface area contributed by atoms with Crippen LogP contribution in [0.5, 0.6) is 0 Å². The molecule has 0 aliphatic carbocycles. The van der Waals surface area contributed by atoms with Crippen LogP contribution in [0, 0.1) is 5.82 Å². The average molecular weight is 433 g/mol. The molecule has 0 spiro atoms. The fraction of sp³-hybridized carbons (Fsp3) is 0.312. The number of aliphatic imine (C=N–C) groups is 1. The van der Waals surface area contributed by atoms with Gasteiger partial charge in [0.1, 0.15) is 5.82 Å². The van der Waals surface area contributed by atoms with E-state index in [4.69, 9.17) is 0 Å². The van der Waals surface area contributed by atoms with Crippen molar-refractivity contribution >= 4 is 41.3 Å². The maximum absolute atomic E-state index is 12.8. The minimum atomic E-state index is -0.217. The van der Waals surface area contributed by atoms with E-state index < -0.39 is 0 Å². The van der Waals surface area contributed by atoms with Gasteiger partial charge in [0.15, 0.2) is 5.96 Å². The van der Waals surface area contributed by atoms with E-state index in [0.29, 0.717) is 12.5 Å². The number of rotatable bonds is 5. The minimum Gasteiger partial charge on any atom is -0.356 e. The predicted octanol–water partition coefficient (Wildman–Crippen LogP) is 3.97. The summed E-state index contributed by atoms with van der Waals surface area (Å²) < 4.78 is 12.8. The third kappa shape index (κ3) is 5.92. The first-order chi connectivity index (χ1) is 10.2. The molecule has 2 rings (SSSR count). The highest BCUT2D eigenvalue weighted by Crippen LogP contribution is 2.16. The number of benzene rings is 1. The third-order valence-electron chi connectivity index (χ3n) is 3.28. The molecule has 1 atom stereocenters. The molecule has 2 N–H and O–H groups in total. The fourth-order valence-corrected chi connectivity index (χ4v) is 2.71. The molecule has 22 heavy (non-hydrogen) atoms. The average Bonchev–Trinajstić information content (AvgIpc) is 3.03. The molecule has 6 heteroatoms. The van der Waals surface area contributed by atoms with Crippen molar-refractivity contribution in [2.45, 2.75) is 19.4 Å². The van der Waals surface area contributed by atoms with Crippen molar-refractivity contribution in [3.63, 3.8) is 0 Å². The zero-order valence-electron chi connectivity index (χ0n) is 12.7. The zero-order chi connectivity index (χ0) is 15.1. The Balaban J connectivity index is 0.00000242. The number of hydrogen-bond donors (Lipinski definition) is 2. The first-order valence-electron chi connectivity index (χ1n) is 6.90. The van der Waals surface area contributed by atoms with Crippen LogP contribution in [0.15, 0.2) is 46.1 Å². The maximum atomic E-state index is 12.8. The summed E-state index contributed by atoms with van der Waals surface area (Å²) in [7, 11) is 1.75. The summed E-state index contributed by atoms with van der Waals surface area (Å²) in [6.07, 6.45) is 0. The summed E-state index contributed by atoms with van der Waals surface area (Å²) in [4.78, 5) is 4.20. The molecule has 0 bridgehead atoms. The first kappa shape index (κ1) is 18.9. The van der Waals surface area contributed by atoms with Crippen molar-refractivity contribution in [3.8, 4) is 0 Å². The van der Waals surface area contributed by atoms with Gasteiger partial charge in [0.25, 0.3) is 0 Å². The number of nitrogens with zero attached hydrogens (tertiary/aromatic N) is 1. The van der Waals surface area contributed by atoms with Crippen molar-refractivity contribution in [1.29, 1.82) is 0 Å². The monoisotopic (exact) mass is 433 g/mol. The molecule has 1 unspecified atom stereocenters. The standard InChI is InChI=1S/C16H20FN3S.HI/c1-12(14-7-8-21-11-14)9-19-16(18-2)20-10-13-3-5-15(17)6-4-13;/h3-8,11-12H,9-10H2,1-2H3,(H2,18,19,20);1H. The number of halogens is 2. The second-order valence-electron chi connectivity index (χ2n) is 4.89. The Hall–Kier alpha value is -1.15. The lowest BCUT2D eigenvalue weighted by molar-refractivity contribution is 0.626. The Morgan fingerprint density at radius 2 is 1.95 bits per heavy atom. The predicted molar refractivity (Wildman–Crippen MR) is 103 cm³/mol. The molecule has 1 heterocycles. The highest BCUT2D eigenvalue weighted by Gasteiger charge is 2.06. The summed E-state index contributed by atoms with van der Waals surface area (Å²) in [5.41, 5.74) is 2.35. The van der Waals surface area contributed by atoms with Crippen LogP contribution in [-0.2, 0) is 6.54 Å². The van der Waals surface area contributed by atoms with Crippen LogP contribution in [-0.4, -0.2) is 19.6 Å². The number of hydrogen-bond acceptors (Lipinski definition) is 2. The van der Waals surface area contributed by atoms with Gasteiger partial charge in [-0.15, -0.1) is 24.0 Å². The fourth-order valence-electron chi connectivity index (χ4n) is 1.93. The molecule has 1 aromatic heterocycles. The van der Waals surface area contributed by atoms with E-state index in [1.807, 2.05) is 0 Å². The minimum absolute atomic E-state index is 0. The van der Waals surface area contributed by atoms with Gasteiger partial charge in [-0.3, -0.25) is 4.99 Å². The molecule has 0 saturated heterocycles. The van der Waals surface area contributed by atoms with Crippen molar-refractivity contribution in [1.82, 2.24) is 10.6 Å². The van der Waals surface area contributed by atoms with Crippen LogP contribution in [0.4, 0.5) is 4.39 Å². The molecule has 3 nitrogen and oxygen atoms in total. The van der Waals surface area contributed by atoms with E-state index in [9.17, 15) is 4.39 Å². The molecule has 0 radical (unpaired) electrons. The normalized spacial score (nSPS) is 12.4. The van der Waals surface area contributed by atoms with Crippen molar-refractivity contribution < 1.29 is 4.39 Å². The topological polar surface area (TPSA) is 36.4 Å². The number of guanidine groups is 1. The number of nitrogens with one attached hydrogen (secondary N) is 2. The third-order valence-corrected chi connectivity index (χ3v) is 3.99. The quantitative estimate of drug-likeness (QED) is 0.425. The van der Waals surface area contributed by atoms with E-state index in [2.05, 4.69) is 39.4 Å². The molecular weight excluding hydrogens is 412 g/mol. The van der Waals surface area contributed by atoms with Gasteiger partial charge in [-0.25, -0.2) is 4.39 Å². The van der Waals surface area contributed by atoms with Crippen LogP contribution >= 0.6 is 35.3 Å². The van der Waals surface area contributed by atoms with Gasteiger partial charge in [0.2, 0.25) is 0 Å². The highest BCUT2D eigenvalue weighted by molar-refractivity contribution is 14.0. The van der Waals surface area contributed by atoms with Crippen molar-refractivity contribution in [3.05, 3.63) is 58.0 Å². The Morgan fingerprint density at radius 3 is 2.55 bits per heavy atom. The zero-order valence-corrected chi connectivity index (χ0v) is 15.8. The van der Waals surface area contributed by atoms with Crippen molar-refractivity contribution in [2.75, 3.05) is 13.6 Å². The Bertz CT molecular complexity index is 570. The van der Waals surface area contributed by atoms with Crippen LogP contribution in [0.2, 0.25) is 0 Å². The van der Waals surface area contributed by atoms with Gasteiger partial charge < -0.3 is 10.6 Å². The molecule has 120 valence electrons. The summed E-state index contributed by atoms with van der Waals surface area (Å²) in [5.74, 6) is 0.966. The number of thiophene rings is 1. The molecule has 1 aromatic carbocycles. The molecule has 2 aromatic rings. The van der Waals surface area contributed by atoms with Gasteiger partial charge >= 0.3 is 0 Å². The van der Waals surface area contributed by atoms with Crippen LogP contribution in [0.3, 0.4) is 0 Å². The summed E-state index contributed by atoms with van der Waals surface area (Å²) in [6.45, 7) is 3.62. The van der Waals surface area contributed by atoms with Gasteiger partial charge in [0.05, 0.1) is 0 Å². The smallest absolute Gasteiger partial charge is 0.191 e. The molecule has 0 saturated carbocycles. The van der Waals surface area contributed by atoms with Gasteiger partial charge in [0, 0.05) is 20.1 Å². The van der Waals surface area contributed by atoms with Crippen LogP contribution in [0.1, 0.15) is 24.0 Å². The van der Waals surface area contributed by atoms with Crippen LogP contribution < -0.4 is 10.6 Å². The van der Waals surface area contributed by atoms with Crippen LogP contribution in [0.25, 0.3) is 0 Å². The summed E-state index contributed by atoms with van der Waals surface area (Å²) in [5, 5.41) is 10.8. The SMILES string of the molecule is CN=C(NCc1ccc(F)cc1)NCC(C)c1ccsc1.I. The second-order valence-corrected chi connectivity index (χ2v) is 5.67. The van der Waals surface area contributed by atoms with E-state index in [1.165, 1.54) is 17.7 Å². The summed E-state index contributed by atoms with van der Waals surface area (Å²) in [6, 6.07) is 8.61. The Morgan fingerprint density at radius 1 is 1.23 bits per heavy atom. The first-order valence-corrected chi connectivity index (χ1v) is 7.84. The second kappa shape index (κ2) is 9.78. The molecule has 0 aliphatic heterocycles.